The van der Waals surface area contributed by atoms with Crippen LogP contribution in [0, 0.1) is 0 Å². The maximum absolute atomic E-state index is 11.1. The van der Waals surface area contributed by atoms with E-state index < -0.39 is 5.97 Å². The molecular weight excluding hydrogens is 246 g/mol. The number of nitrogens with two attached hydrogens (primary N) is 1. The van der Waals surface area contributed by atoms with Gasteiger partial charge in [-0.15, -0.1) is 0 Å². The number of para-hydroxylation sites is 1. The second kappa shape index (κ2) is 5.41. The van der Waals surface area contributed by atoms with Gasteiger partial charge in [0, 0.05) is 0 Å². The summed E-state index contributed by atoms with van der Waals surface area (Å²) in [5, 5.41) is 18.1. The third kappa shape index (κ3) is 2.83. The quantitative estimate of drug-likeness (QED) is 0.732. The number of nitrogen functional groups attached to an aromatic ring is 1. The van der Waals surface area contributed by atoms with Gasteiger partial charge in [0.05, 0.1) is 12.3 Å². The van der Waals surface area contributed by atoms with Gasteiger partial charge in [-0.1, -0.05) is 18.2 Å². The van der Waals surface area contributed by atoms with E-state index in [0.29, 0.717) is 11.3 Å². The molecule has 5 nitrogen and oxygen atoms in total. The van der Waals surface area contributed by atoms with Crippen LogP contribution < -0.4 is 10.5 Å². The highest BCUT2D eigenvalue weighted by Crippen LogP contribution is 2.31. The van der Waals surface area contributed by atoms with Gasteiger partial charge in [0.15, 0.2) is 5.75 Å². The number of benzene rings is 2. The Balaban J connectivity index is 2.40. The molecule has 0 fully saturated rings. The Bertz CT molecular complexity index is 610. The van der Waals surface area contributed by atoms with Crippen LogP contribution in [0.25, 0.3) is 0 Å². The number of carboxylic acid groups (broad SMARTS) is 1. The minimum absolute atomic E-state index is 0.00518. The maximum atomic E-state index is 11.1. The number of aromatic carboxylic acids is 1. The summed E-state index contributed by atoms with van der Waals surface area (Å²) in [6, 6.07) is 11.3. The Morgan fingerprint density at radius 2 is 1.95 bits per heavy atom. The molecule has 0 radical (unpaired) electrons. The summed E-state index contributed by atoms with van der Waals surface area (Å²) in [5.74, 6) is -0.586. The largest absolute Gasteiger partial charge is 0.478 e. The summed E-state index contributed by atoms with van der Waals surface area (Å²) < 4.78 is 5.53. The van der Waals surface area contributed by atoms with E-state index in [-0.39, 0.29) is 23.6 Å². The smallest absolute Gasteiger partial charge is 0.339 e. The van der Waals surface area contributed by atoms with E-state index >= 15 is 0 Å². The molecule has 0 aliphatic carbocycles. The zero-order valence-corrected chi connectivity index (χ0v) is 10.0. The molecule has 0 heterocycles. The molecule has 0 aliphatic rings. The minimum atomic E-state index is -1.11. The average molecular weight is 259 g/mol. The lowest BCUT2D eigenvalue weighted by atomic mass is 10.1. The number of rotatable bonds is 4. The van der Waals surface area contributed by atoms with Crippen molar-refractivity contribution in [3.05, 3.63) is 53.6 Å². The fraction of sp³-hybridized carbons (Fsp3) is 0.0714. The van der Waals surface area contributed by atoms with Crippen molar-refractivity contribution in [2.75, 3.05) is 5.73 Å². The predicted octanol–water partition coefficient (Wildman–Crippen LogP) is 2.25. The van der Waals surface area contributed by atoms with Crippen molar-refractivity contribution in [2.45, 2.75) is 6.61 Å². The molecule has 2 aromatic carbocycles. The second-order valence-electron chi connectivity index (χ2n) is 3.94. The number of hydrogen-bond acceptors (Lipinski definition) is 4. The van der Waals surface area contributed by atoms with Gasteiger partial charge in [0.1, 0.15) is 11.3 Å². The van der Waals surface area contributed by atoms with E-state index in [9.17, 15) is 4.79 Å². The summed E-state index contributed by atoms with van der Waals surface area (Å²) >= 11 is 0. The van der Waals surface area contributed by atoms with E-state index in [2.05, 4.69) is 0 Å². The maximum Gasteiger partial charge on any atom is 0.339 e. The number of ether oxygens (including phenoxy) is 1. The summed E-state index contributed by atoms with van der Waals surface area (Å²) in [4.78, 5) is 11.1. The van der Waals surface area contributed by atoms with Crippen molar-refractivity contribution in [3.63, 3.8) is 0 Å². The third-order valence-electron chi connectivity index (χ3n) is 2.58. The molecule has 0 bridgehead atoms. The highest BCUT2D eigenvalue weighted by molar-refractivity contribution is 5.93. The van der Waals surface area contributed by atoms with Crippen LogP contribution in [0.4, 0.5) is 5.69 Å². The summed E-state index contributed by atoms with van der Waals surface area (Å²) in [5.41, 5.74) is 6.65. The number of aliphatic hydroxyl groups excluding tert-OH is 1. The number of carboxylic acids is 1. The van der Waals surface area contributed by atoms with E-state index in [1.165, 1.54) is 6.07 Å². The van der Waals surface area contributed by atoms with Gasteiger partial charge in [-0.05, 0) is 29.8 Å². The fourth-order valence-corrected chi connectivity index (χ4v) is 1.66. The standard InChI is InChI=1S/C14H13NO4/c15-12-6-2-5-11(14(17)18)13(12)19-10-4-1-3-9(7-10)8-16/h1-7,16H,8,15H2,(H,17,18). The van der Waals surface area contributed by atoms with Crippen LogP contribution >= 0.6 is 0 Å². The molecule has 0 amide bonds. The van der Waals surface area contributed by atoms with Gasteiger partial charge < -0.3 is 20.7 Å². The van der Waals surface area contributed by atoms with Crippen LogP contribution in [-0.2, 0) is 6.61 Å². The first-order chi connectivity index (χ1) is 9.11. The van der Waals surface area contributed by atoms with Crippen molar-refractivity contribution >= 4 is 11.7 Å². The molecule has 19 heavy (non-hydrogen) atoms. The van der Waals surface area contributed by atoms with Crippen LogP contribution in [0.2, 0.25) is 0 Å². The molecule has 2 aromatic rings. The molecule has 98 valence electrons. The van der Waals surface area contributed by atoms with Crippen molar-refractivity contribution in [3.8, 4) is 11.5 Å². The van der Waals surface area contributed by atoms with Gasteiger partial charge in [-0.25, -0.2) is 4.79 Å². The van der Waals surface area contributed by atoms with Crippen molar-refractivity contribution < 1.29 is 19.7 Å². The lowest BCUT2D eigenvalue weighted by Crippen LogP contribution is -2.03. The Kier molecular flexibility index (Phi) is 3.68. The molecule has 0 atom stereocenters. The topological polar surface area (TPSA) is 92.8 Å². The normalized spacial score (nSPS) is 10.2. The van der Waals surface area contributed by atoms with E-state index in [0.717, 1.165) is 0 Å². The Labute approximate surface area is 109 Å². The molecule has 0 aliphatic heterocycles. The van der Waals surface area contributed by atoms with Crippen LogP contribution in [0.15, 0.2) is 42.5 Å². The van der Waals surface area contributed by atoms with Crippen molar-refractivity contribution in [2.24, 2.45) is 0 Å². The first-order valence-corrected chi connectivity index (χ1v) is 5.61. The van der Waals surface area contributed by atoms with E-state index in [1.807, 2.05) is 0 Å². The number of aliphatic hydroxyl groups is 1. The van der Waals surface area contributed by atoms with Gasteiger partial charge >= 0.3 is 5.97 Å². The first-order valence-electron chi connectivity index (χ1n) is 5.61. The molecule has 0 spiro atoms. The predicted molar refractivity (Wildman–Crippen MR) is 70.3 cm³/mol. The Morgan fingerprint density at radius 3 is 2.63 bits per heavy atom. The number of carbonyl (C=O) groups is 1. The minimum Gasteiger partial charge on any atom is -0.478 e. The molecular formula is C14H13NO4. The molecule has 0 saturated carbocycles. The lowest BCUT2D eigenvalue weighted by molar-refractivity contribution is 0.0694. The Hall–Kier alpha value is -2.53. The van der Waals surface area contributed by atoms with Crippen LogP contribution in [0.3, 0.4) is 0 Å². The number of anilines is 1. The molecule has 0 unspecified atom stereocenters. The van der Waals surface area contributed by atoms with Gasteiger partial charge in [0.2, 0.25) is 0 Å². The van der Waals surface area contributed by atoms with Crippen molar-refractivity contribution in [1.29, 1.82) is 0 Å². The fourth-order valence-electron chi connectivity index (χ4n) is 1.66. The molecule has 5 heteroatoms. The Morgan fingerprint density at radius 1 is 1.21 bits per heavy atom. The third-order valence-corrected chi connectivity index (χ3v) is 2.58. The lowest BCUT2D eigenvalue weighted by Gasteiger charge is -2.11. The summed E-state index contributed by atoms with van der Waals surface area (Å²) in [6.07, 6.45) is 0. The van der Waals surface area contributed by atoms with Crippen molar-refractivity contribution in [1.82, 2.24) is 0 Å². The second-order valence-corrected chi connectivity index (χ2v) is 3.94. The van der Waals surface area contributed by atoms with Crippen LogP contribution in [-0.4, -0.2) is 16.2 Å². The van der Waals surface area contributed by atoms with Crippen LogP contribution in [0.5, 0.6) is 11.5 Å². The van der Waals surface area contributed by atoms with Gasteiger partial charge in [-0.3, -0.25) is 0 Å². The molecule has 0 saturated heterocycles. The monoisotopic (exact) mass is 259 g/mol. The summed E-state index contributed by atoms with van der Waals surface area (Å²) in [7, 11) is 0. The van der Waals surface area contributed by atoms with Gasteiger partial charge in [0.25, 0.3) is 0 Å². The first kappa shape index (κ1) is 12.9. The van der Waals surface area contributed by atoms with E-state index in [1.54, 1.807) is 36.4 Å². The summed E-state index contributed by atoms with van der Waals surface area (Å²) in [6.45, 7) is -0.118. The molecule has 4 N–H and O–H groups in total. The number of hydrogen-bond donors (Lipinski definition) is 3. The SMILES string of the molecule is Nc1cccc(C(=O)O)c1Oc1cccc(CO)c1. The van der Waals surface area contributed by atoms with E-state index in [4.69, 9.17) is 20.7 Å². The van der Waals surface area contributed by atoms with Crippen LogP contribution in [0.1, 0.15) is 15.9 Å². The molecule has 0 aromatic heterocycles. The zero-order chi connectivity index (χ0) is 13.8. The highest BCUT2D eigenvalue weighted by Gasteiger charge is 2.14. The average Bonchev–Trinajstić information content (AvgIpc) is 2.41. The highest BCUT2D eigenvalue weighted by atomic mass is 16.5. The zero-order valence-electron chi connectivity index (χ0n) is 10.0. The molecule has 2 rings (SSSR count). The van der Waals surface area contributed by atoms with Gasteiger partial charge in [-0.2, -0.15) is 0 Å².